The molecule has 1 N–H and O–H groups in total. The molecule has 6 heteroatoms. The van der Waals surface area contributed by atoms with Crippen LogP contribution in [0.5, 0.6) is 0 Å². The zero-order chi connectivity index (χ0) is 13.1. The third kappa shape index (κ3) is 2.25. The molecule has 0 fully saturated rings. The van der Waals surface area contributed by atoms with Crippen LogP contribution in [0.25, 0.3) is 0 Å². The second-order valence-electron chi connectivity index (χ2n) is 3.73. The van der Waals surface area contributed by atoms with Crippen molar-refractivity contribution in [3.8, 4) is 0 Å². The van der Waals surface area contributed by atoms with Gasteiger partial charge >= 0.3 is 5.97 Å². The zero-order valence-electron chi connectivity index (χ0n) is 10.0. The highest BCUT2D eigenvalue weighted by Gasteiger charge is 2.43. The number of carbonyl (C=O) groups is 2. The molecule has 0 radical (unpaired) electrons. The molecule has 1 rings (SSSR count). The molecule has 0 aliphatic heterocycles. The Morgan fingerprint density at radius 3 is 2.47 bits per heavy atom. The van der Waals surface area contributed by atoms with Crippen LogP contribution in [0.15, 0.2) is 18.6 Å². The van der Waals surface area contributed by atoms with Crippen molar-refractivity contribution in [3.05, 3.63) is 24.3 Å². The van der Waals surface area contributed by atoms with Crippen LogP contribution in [0, 0.1) is 0 Å². The lowest BCUT2D eigenvalue weighted by Crippen LogP contribution is -2.52. The summed E-state index contributed by atoms with van der Waals surface area (Å²) in [6, 6.07) is 0. The maximum absolute atomic E-state index is 11.5. The van der Waals surface area contributed by atoms with E-state index >= 15 is 0 Å². The average Bonchev–Trinajstić information content (AvgIpc) is 2.30. The fourth-order valence-electron chi connectivity index (χ4n) is 1.77. The van der Waals surface area contributed by atoms with Gasteiger partial charge in [-0.25, -0.2) is 4.79 Å². The van der Waals surface area contributed by atoms with Crippen molar-refractivity contribution < 1.29 is 14.7 Å². The minimum absolute atomic E-state index is 0.240. The zero-order valence-corrected chi connectivity index (χ0v) is 10.0. The van der Waals surface area contributed by atoms with E-state index in [0.29, 0.717) is 0 Å². The second-order valence-corrected chi connectivity index (χ2v) is 3.73. The normalized spacial score (nSPS) is 13.8. The molecular formula is C11H15N3O3. The fourth-order valence-corrected chi connectivity index (χ4v) is 1.77. The van der Waals surface area contributed by atoms with E-state index < -0.39 is 11.5 Å². The number of aliphatic carboxylic acids is 1. The molecule has 1 atom stereocenters. The van der Waals surface area contributed by atoms with Crippen LogP contribution in [-0.4, -0.2) is 38.4 Å². The summed E-state index contributed by atoms with van der Waals surface area (Å²) in [6.45, 7) is 4.79. The molecule has 1 aromatic heterocycles. The number of rotatable bonds is 4. The van der Waals surface area contributed by atoms with Crippen molar-refractivity contribution in [1.82, 2.24) is 14.9 Å². The largest absolute Gasteiger partial charge is 0.479 e. The lowest BCUT2D eigenvalue weighted by molar-refractivity contribution is -0.158. The standard InChI is InChI=1S/C11H15N3O3/c1-4-14(8(2)15)11(3,10(16)17)9-7-12-5-6-13-9/h5-7H,4H2,1-3H3,(H,16,17). The van der Waals surface area contributed by atoms with Gasteiger partial charge in [-0.05, 0) is 13.8 Å². The van der Waals surface area contributed by atoms with Gasteiger partial charge in [-0.3, -0.25) is 14.8 Å². The molecule has 17 heavy (non-hydrogen) atoms. The van der Waals surface area contributed by atoms with E-state index in [-0.39, 0.29) is 18.1 Å². The van der Waals surface area contributed by atoms with Crippen LogP contribution < -0.4 is 0 Å². The maximum Gasteiger partial charge on any atom is 0.335 e. The highest BCUT2D eigenvalue weighted by molar-refractivity contribution is 5.86. The summed E-state index contributed by atoms with van der Waals surface area (Å²) in [6.07, 6.45) is 4.22. The molecule has 0 saturated heterocycles. The van der Waals surface area contributed by atoms with Gasteiger partial charge in [0.15, 0.2) is 5.54 Å². The summed E-state index contributed by atoms with van der Waals surface area (Å²) in [5.41, 5.74) is -1.25. The summed E-state index contributed by atoms with van der Waals surface area (Å²) in [4.78, 5) is 32.1. The summed E-state index contributed by atoms with van der Waals surface area (Å²) in [7, 11) is 0. The van der Waals surface area contributed by atoms with E-state index in [1.165, 1.54) is 37.3 Å². The first-order valence-electron chi connectivity index (χ1n) is 5.22. The molecular weight excluding hydrogens is 222 g/mol. The fraction of sp³-hybridized carbons (Fsp3) is 0.455. The summed E-state index contributed by atoms with van der Waals surface area (Å²) in [5.74, 6) is -1.45. The predicted molar refractivity (Wildman–Crippen MR) is 60.1 cm³/mol. The molecule has 6 nitrogen and oxygen atoms in total. The van der Waals surface area contributed by atoms with Gasteiger partial charge in [-0.15, -0.1) is 0 Å². The molecule has 0 aromatic carbocycles. The molecule has 1 amide bonds. The molecule has 92 valence electrons. The van der Waals surface area contributed by atoms with Crippen LogP contribution in [-0.2, 0) is 15.1 Å². The van der Waals surface area contributed by atoms with Gasteiger partial charge in [0, 0.05) is 25.9 Å². The Hall–Kier alpha value is -1.98. The van der Waals surface area contributed by atoms with Crippen molar-refractivity contribution in [2.75, 3.05) is 6.54 Å². The van der Waals surface area contributed by atoms with E-state index in [9.17, 15) is 14.7 Å². The van der Waals surface area contributed by atoms with Gasteiger partial charge < -0.3 is 10.0 Å². The third-order valence-electron chi connectivity index (χ3n) is 2.71. The van der Waals surface area contributed by atoms with Crippen LogP contribution in [0.1, 0.15) is 26.5 Å². The predicted octanol–water partition coefficient (Wildman–Crippen LogP) is 0.645. The number of carboxylic acids is 1. The van der Waals surface area contributed by atoms with E-state index in [2.05, 4.69) is 9.97 Å². The van der Waals surface area contributed by atoms with Crippen molar-refractivity contribution in [2.24, 2.45) is 0 Å². The first-order valence-corrected chi connectivity index (χ1v) is 5.22. The number of carbonyl (C=O) groups excluding carboxylic acids is 1. The Morgan fingerprint density at radius 2 is 2.12 bits per heavy atom. The molecule has 1 heterocycles. The number of nitrogens with zero attached hydrogens (tertiary/aromatic N) is 3. The van der Waals surface area contributed by atoms with Crippen LogP contribution in [0.2, 0.25) is 0 Å². The summed E-state index contributed by atoms with van der Waals surface area (Å²) < 4.78 is 0. The van der Waals surface area contributed by atoms with Crippen molar-refractivity contribution in [1.29, 1.82) is 0 Å². The van der Waals surface area contributed by atoms with Crippen molar-refractivity contribution >= 4 is 11.9 Å². The van der Waals surface area contributed by atoms with Crippen LogP contribution in [0.3, 0.4) is 0 Å². The minimum Gasteiger partial charge on any atom is -0.479 e. The summed E-state index contributed by atoms with van der Waals surface area (Å²) in [5, 5.41) is 9.37. The van der Waals surface area contributed by atoms with E-state index in [1.807, 2.05) is 0 Å². The monoisotopic (exact) mass is 237 g/mol. The lowest BCUT2D eigenvalue weighted by Gasteiger charge is -2.35. The molecule has 1 unspecified atom stereocenters. The van der Waals surface area contributed by atoms with Crippen molar-refractivity contribution in [3.63, 3.8) is 0 Å². The van der Waals surface area contributed by atoms with Gasteiger partial charge in [0.2, 0.25) is 5.91 Å². The SMILES string of the molecule is CCN(C(C)=O)C(C)(C(=O)O)c1cnccn1. The lowest BCUT2D eigenvalue weighted by atomic mass is 9.95. The number of hydrogen-bond acceptors (Lipinski definition) is 4. The Labute approximate surface area is 99.3 Å². The van der Waals surface area contributed by atoms with Gasteiger partial charge in [0.25, 0.3) is 0 Å². The van der Waals surface area contributed by atoms with Gasteiger partial charge in [0.1, 0.15) is 0 Å². The first kappa shape index (κ1) is 13.1. The average molecular weight is 237 g/mol. The third-order valence-corrected chi connectivity index (χ3v) is 2.71. The molecule has 0 aliphatic carbocycles. The maximum atomic E-state index is 11.5. The van der Waals surface area contributed by atoms with E-state index in [1.54, 1.807) is 6.92 Å². The molecule has 0 bridgehead atoms. The Bertz CT molecular complexity index is 421. The number of amides is 1. The number of likely N-dealkylation sites (N-methyl/N-ethyl adjacent to an activating group) is 1. The number of hydrogen-bond donors (Lipinski definition) is 1. The number of carboxylic acid groups (broad SMARTS) is 1. The molecule has 0 saturated carbocycles. The van der Waals surface area contributed by atoms with E-state index in [0.717, 1.165) is 0 Å². The van der Waals surface area contributed by atoms with E-state index in [4.69, 9.17) is 0 Å². The second kappa shape index (κ2) is 4.90. The van der Waals surface area contributed by atoms with Gasteiger partial charge in [-0.1, -0.05) is 0 Å². The van der Waals surface area contributed by atoms with Crippen LogP contribution >= 0.6 is 0 Å². The van der Waals surface area contributed by atoms with Gasteiger partial charge in [-0.2, -0.15) is 0 Å². The van der Waals surface area contributed by atoms with Crippen molar-refractivity contribution in [2.45, 2.75) is 26.3 Å². The van der Waals surface area contributed by atoms with Crippen LogP contribution in [0.4, 0.5) is 0 Å². The summed E-state index contributed by atoms with van der Waals surface area (Å²) >= 11 is 0. The topological polar surface area (TPSA) is 83.4 Å². The smallest absolute Gasteiger partial charge is 0.335 e. The Kier molecular flexibility index (Phi) is 3.77. The minimum atomic E-state index is -1.49. The Morgan fingerprint density at radius 1 is 1.47 bits per heavy atom. The first-order chi connectivity index (χ1) is 7.94. The quantitative estimate of drug-likeness (QED) is 0.831. The molecule has 0 aliphatic rings. The highest BCUT2D eigenvalue weighted by Crippen LogP contribution is 2.26. The number of aromatic nitrogens is 2. The molecule has 0 spiro atoms. The Balaban J connectivity index is 3.32. The molecule has 1 aromatic rings. The van der Waals surface area contributed by atoms with Gasteiger partial charge in [0.05, 0.1) is 11.9 Å². The highest BCUT2D eigenvalue weighted by atomic mass is 16.4.